The standard InChI is InChI=1S/C17H21ClN4O5/c18-13-4-2-1-3-11(13)9-27-10-12(23)7-22-15(24)14-8-20(16(19)25)5-6-21(14)17(22)26/h1-4,12,14,23H,5-10H2,(H2,19,25)/t12-,14+/m0/s1. The normalized spacial score (nSPS) is 20.8. The van der Waals surface area contributed by atoms with Crippen LogP contribution in [0.4, 0.5) is 9.59 Å². The van der Waals surface area contributed by atoms with Gasteiger partial charge < -0.3 is 25.4 Å². The van der Waals surface area contributed by atoms with Gasteiger partial charge in [-0.15, -0.1) is 0 Å². The number of amides is 5. The quantitative estimate of drug-likeness (QED) is 0.668. The Morgan fingerprint density at radius 3 is 2.78 bits per heavy atom. The summed E-state index contributed by atoms with van der Waals surface area (Å²) in [5.74, 6) is -0.448. The molecule has 10 heteroatoms. The minimum Gasteiger partial charge on any atom is -0.389 e. The maximum atomic E-state index is 12.5. The molecule has 146 valence electrons. The van der Waals surface area contributed by atoms with Gasteiger partial charge in [-0.05, 0) is 11.6 Å². The lowest BCUT2D eigenvalue weighted by molar-refractivity contribution is -0.130. The fourth-order valence-electron chi connectivity index (χ4n) is 3.20. The Kier molecular flexibility index (Phi) is 5.83. The van der Waals surface area contributed by atoms with E-state index < -0.39 is 30.1 Å². The molecule has 3 N–H and O–H groups in total. The number of carbonyl (C=O) groups is 3. The molecule has 0 radical (unpaired) electrons. The number of rotatable bonds is 6. The number of halogens is 1. The molecule has 0 aliphatic carbocycles. The van der Waals surface area contributed by atoms with E-state index in [0.717, 1.165) is 10.5 Å². The molecule has 0 spiro atoms. The summed E-state index contributed by atoms with van der Waals surface area (Å²) in [6, 6.07) is 5.33. The third-order valence-electron chi connectivity index (χ3n) is 4.64. The van der Waals surface area contributed by atoms with Crippen molar-refractivity contribution in [3.05, 3.63) is 34.9 Å². The number of urea groups is 2. The van der Waals surface area contributed by atoms with Crippen LogP contribution in [-0.4, -0.2) is 82.7 Å². The van der Waals surface area contributed by atoms with Crippen molar-refractivity contribution in [3.63, 3.8) is 0 Å². The second-order valence-electron chi connectivity index (χ2n) is 6.49. The van der Waals surface area contributed by atoms with E-state index >= 15 is 0 Å². The third-order valence-corrected chi connectivity index (χ3v) is 5.01. The first-order valence-electron chi connectivity index (χ1n) is 8.54. The molecule has 3 rings (SSSR count). The van der Waals surface area contributed by atoms with Crippen molar-refractivity contribution >= 4 is 29.6 Å². The molecule has 2 aliphatic rings. The number of aliphatic hydroxyl groups is 1. The van der Waals surface area contributed by atoms with E-state index in [9.17, 15) is 19.5 Å². The zero-order valence-corrected chi connectivity index (χ0v) is 15.3. The van der Waals surface area contributed by atoms with E-state index in [0.29, 0.717) is 5.02 Å². The summed E-state index contributed by atoms with van der Waals surface area (Å²) in [5, 5.41) is 10.7. The molecule has 2 fully saturated rings. The summed E-state index contributed by atoms with van der Waals surface area (Å²) in [5.41, 5.74) is 6.03. The van der Waals surface area contributed by atoms with Crippen LogP contribution in [0, 0.1) is 0 Å². The average molecular weight is 397 g/mol. The van der Waals surface area contributed by atoms with Gasteiger partial charge >= 0.3 is 12.1 Å². The lowest BCUT2D eigenvalue weighted by atomic mass is 10.2. The lowest BCUT2D eigenvalue weighted by Gasteiger charge is -2.34. The van der Waals surface area contributed by atoms with E-state index in [1.165, 1.54) is 9.80 Å². The molecule has 0 unspecified atom stereocenters. The summed E-state index contributed by atoms with van der Waals surface area (Å²) in [6.45, 7) is 0.552. The number of carbonyl (C=O) groups excluding carboxylic acids is 3. The topological polar surface area (TPSA) is 116 Å². The van der Waals surface area contributed by atoms with Crippen LogP contribution >= 0.6 is 11.6 Å². The first-order valence-corrected chi connectivity index (χ1v) is 8.92. The molecule has 5 amide bonds. The predicted molar refractivity (Wildman–Crippen MR) is 95.9 cm³/mol. The van der Waals surface area contributed by atoms with Crippen molar-refractivity contribution in [2.45, 2.75) is 18.8 Å². The van der Waals surface area contributed by atoms with Crippen LogP contribution < -0.4 is 5.73 Å². The molecule has 27 heavy (non-hydrogen) atoms. The van der Waals surface area contributed by atoms with Gasteiger partial charge in [0.2, 0.25) is 0 Å². The number of ether oxygens (including phenoxy) is 1. The van der Waals surface area contributed by atoms with E-state index in [1.54, 1.807) is 12.1 Å². The number of nitrogens with two attached hydrogens (primary N) is 1. The number of aliphatic hydroxyl groups excluding tert-OH is 1. The third kappa shape index (κ3) is 4.15. The van der Waals surface area contributed by atoms with Crippen LogP contribution in [-0.2, 0) is 16.1 Å². The molecular formula is C17H21ClN4O5. The number of hydrogen-bond donors (Lipinski definition) is 2. The molecule has 2 aliphatic heterocycles. The Morgan fingerprint density at radius 2 is 2.07 bits per heavy atom. The fraction of sp³-hybridized carbons (Fsp3) is 0.471. The maximum absolute atomic E-state index is 12.5. The van der Waals surface area contributed by atoms with E-state index in [1.807, 2.05) is 12.1 Å². The second-order valence-corrected chi connectivity index (χ2v) is 6.89. The van der Waals surface area contributed by atoms with Crippen LogP contribution in [0.25, 0.3) is 0 Å². The van der Waals surface area contributed by atoms with Gasteiger partial charge in [0.25, 0.3) is 5.91 Å². The molecule has 2 atom stereocenters. The summed E-state index contributed by atoms with van der Waals surface area (Å²) in [6.07, 6.45) is -1.03. The maximum Gasteiger partial charge on any atom is 0.327 e. The zero-order chi connectivity index (χ0) is 19.6. The minimum atomic E-state index is -1.03. The van der Waals surface area contributed by atoms with E-state index in [2.05, 4.69) is 0 Å². The second kappa shape index (κ2) is 8.12. The van der Waals surface area contributed by atoms with Crippen molar-refractivity contribution < 1.29 is 24.2 Å². The zero-order valence-electron chi connectivity index (χ0n) is 14.6. The van der Waals surface area contributed by atoms with Gasteiger partial charge in [0.05, 0.1) is 32.4 Å². The fourth-order valence-corrected chi connectivity index (χ4v) is 3.39. The van der Waals surface area contributed by atoms with Crippen LogP contribution in [0.3, 0.4) is 0 Å². The Morgan fingerprint density at radius 1 is 1.33 bits per heavy atom. The van der Waals surface area contributed by atoms with Crippen molar-refractivity contribution in [1.29, 1.82) is 0 Å². The number of nitrogens with zero attached hydrogens (tertiary/aromatic N) is 3. The highest BCUT2D eigenvalue weighted by molar-refractivity contribution is 6.31. The van der Waals surface area contributed by atoms with Crippen LogP contribution in [0.1, 0.15) is 5.56 Å². The van der Waals surface area contributed by atoms with Crippen molar-refractivity contribution in [3.8, 4) is 0 Å². The molecule has 1 aromatic carbocycles. The van der Waals surface area contributed by atoms with Gasteiger partial charge in [0.1, 0.15) is 6.04 Å². The van der Waals surface area contributed by atoms with Crippen molar-refractivity contribution in [2.75, 3.05) is 32.8 Å². The first kappa shape index (κ1) is 19.4. The molecule has 0 aromatic heterocycles. The number of fused-ring (bicyclic) bond motifs is 1. The van der Waals surface area contributed by atoms with Crippen molar-refractivity contribution in [2.24, 2.45) is 5.73 Å². The molecule has 0 saturated carbocycles. The Hall–Kier alpha value is -2.36. The van der Waals surface area contributed by atoms with Crippen molar-refractivity contribution in [1.82, 2.24) is 14.7 Å². The Balaban J connectivity index is 1.52. The average Bonchev–Trinajstić information content (AvgIpc) is 2.88. The van der Waals surface area contributed by atoms with Crippen LogP contribution in [0.15, 0.2) is 24.3 Å². The SMILES string of the molecule is NC(=O)N1CCN2C(=O)N(C[C@H](O)COCc3ccccc3Cl)C(=O)[C@H]2C1. The summed E-state index contributed by atoms with van der Waals surface area (Å²) in [4.78, 5) is 40.0. The number of hydrogen-bond acceptors (Lipinski definition) is 5. The van der Waals surface area contributed by atoms with Gasteiger partial charge in [0.15, 0.2) is 0 Å². The number of β-amino-alcohol motifs (C(OH)–C–C–N with tert-alkyl or cyclic N) is 1. The first-order chi connectivity index (χ1) is 12.9. The molecular weight excluding hydrogens is 376 g/mol. The Labute approximate surface area is 161 Å². The summed E-state index contributed by atoms with van der Waals surface area (Å²) >= 11 is 6.04. The highest BCUT2D eigenvalue weighted by Gasteiger charge is 2.48. The van der Waals surface area contributed by atoms with Crippen LogP contribution in [0.2, 0.25) is 5.02 Å². The van der Waals surface area contributed by atoms with Gasteiger partial charge in [-0.2, -0.15) is 0 Å². The highest BCUT2D eigenvalue weighted by Crippen LogP contribution is 2.22. The molecule has 9 nitrogen and oxygen atoms in total. The molecule has 2 heterocycles. The highest BCUT2D eigenvalue weighted by atomic mass is 35.5. The Bertz CT molecular complexity index is 746. The van der Waals surface area contributed by atoms with Gasteiger partial charge in [-0.25, -0.2) is 9.59 Å². The molecule has 2 saturated heterocycles. The van der Waals surface area contributed by atoms with Gasteiger partial charge in [-0.3, -0.25) is 9.69 Å². The summed E-state index contributed by atoms with van der Waals surface area (Å²) in [7, 11) is 0. The predicted octanol–water partition coefficient (Wildman–Crippen LogP) is 0.245. The monoisotopic (exact) mass is 396 g/mol. The van der Waals surface area contributed by atoms with E-state index in [-0.39, 0.29) is 39.4 Å². The number of benzene rings is 1. The minimum absolute atomic E-state index is 0.0552. The summed E-state index contributed by atoms with van der Waals surface area (Å²) < 4.78 is 5.44. The number of imide groups is 1. The lowest BCUT2D eigenvalue weighted by Crippen LogP contribution is -2.55. The van der Waals surface area contributed by atoms with Crippen LogP contribution in [0.5, 0.6) is 0 Å². The number of piperazine rings is 1. The van der Waals surface area contributed by atoms with E-state index in [4.69, 9.17) is 22.1 Å². The molecule has 0 bridgehead atoms. The molecule has 1 aromatic rings. The van der Waals surface area contributed by atoms with Gasteiger partial charge in [0, 0.05) is 18.1 Å². The van der Waals surface area contributed by atoms with Gasteiger partial charge in [-0.1, -0.05) is 29.8 Å². The largest absolute Gasteiger partial charge is 0.389 e. The smallest absolute Gasteiger partial charge is 0.327 e. The number of primary amides is 1.